The molecule has 160 valence electrons. The fraction of sp³-hybridized carbons (Fsp3) is 0.263. The first-order valence-electron chi connectivity index (χ1n) is 8.67. The molecule has 1 heterocycles. The van der Waals surface area contributed by atoms with E-state index in [0.29, 0.717) is 44.0 Å². The van der Waals surface area contributed by atoms with E-state index in [9.17, 15) is 13.2 Å². The highest BCUT2D eigenvalue weighted by Crippen LogP contribution is 2.31. The smallest absolute Gasteiger partial charge is 0.263 e. The normalized spacial score (nSPS) is 12.5. The molecule has 0 saturated carbocycles. The van der Waals surface area contributed by atoms with E-state index in [0.717, 1.165) is 11.3 Å². The molecule has 0 aliphatic heterocycles. The molecular weight excluding hydrogens is 471 g/mol. The predicted molar refractivity (Wildman–Crippen MR) is 117 cm³/mol. The van der Waals surface area contributed by atoms with Crippen molar-refractivity contribution in [3.8, 4) is 5.75 Å². The van der Waals surface area contributed by atoms with Crippen LogP contribution in [-0.4, -0.2) is 45.5 Å². The lowest BCUT2D eigenvalue weighted by Gasteiger charge is -2.06. The topological polar surface area (TPSA) is 87.0 Å². The largest absolute Gasteiger partial charge is 0.497 e. The molecule has 0 unspecified atom stereocenters. The Hall–Kier alpha value is -1.91. The van der Waals surface area contributed by atoms with Gasteiger partial charge in [-0.25, -0.2) is 8.42 Å². The Bertz CT molecular complexity index is 1250. The number of carbonyl (C=O) groups excluding carboxylic acids is 1. The predicted octanol–water partition coefficient (Wildman–Crippen LogP) is 3.57. The van der Waals surface area contributed by atoms with Crippen molar-refractivity contribution in [2.24, 2.45) is 4.99 Å². The van der Waals surface area contributed by atoms with Crippen LogP contribution >= 0.6 is 34.5 Å². The van der Waals surface area contributed by atoms with Crippen LogP contribution in [0.5, 0.6) is 5.75 Å². The molecule has 11 heteroatoms. The zero-order chi connectivity index (χ0) is 21.9. The van der Waals surface area contributed by atoms with Crippen molar-refractivity contribution in [1.29, 1.82) is 0 Å². The van der Waals surface area contributed by atoms with E-state index in [1.807, 2.05) is 0 Å². The molecule has 0 N–H and O–H groups in total. The molecule has 0 saturated heterocycles. The van der Waals surface area contributed by atoms with Gasteiger partial charge in [0.2, 0.25) is 0 Å². The molecule has 7 nitrogen and oxygen atoms in total. The van der Waals surface area contributed by atoms with Gasteiger partial charge in [-0.3, -0.25) is 4.79 Å². The molecular formula is C19H18Cl2N2O5S2. The summed E-state index contributed by atoms with van der Waals surface area (Å²) in [6.45, 7) is 0.716. The van der Waals surface area contributed by atoms with Crippen molar-refractivity contribution >= 4 is 60.5 Å². The van der Waals surface area contributed by atoms with Crippen LogP contribution in [0, 0.1) is 0 Å². The number of thiazole rings is 1. The number of hydrogen-bond acceptors (Lipinski definition) is 6. The number of rotatable bonds is 7. The van der Waals surface area contributed by atoms with Gasteiger partial charge >= 0.3 is 0 Å². The van der Waals surface area contributed by atoms with Crippen LogP contribution in [0.3, 0.4) is 0 Å². The summed E-state index contributed by atoms with van der Waals surface area (Å²) in [4.78, 5) is 16.9. The Morgan fingerprint density at radius 2 is 1.77 bits per heavy atom. The Morgan fingerprint density at radius 3 is 2.40 bits per heavy atom. The number of sulfone groups is 1. The third kappa shape index (κ3) is 4.87. The first kappa shape index (κ1) is 22.8. The van der Waals surface area contributed by atoms with Gasteiger partial charge in [0, 0.05) is 13.7 Å². The number of hydrogen-bond donors (Lipinski definition) is 0. The van der Waals surface area contributed by atoms with Crippen LogP contribution in [0.25, 0.3) is 10.2 Å². The number of carbonyl (C=O) groups is 1. The monoisotopic (exact) mass is 488 g/mol. The molecule has 3 aromatic rings. The van der Waals surface area contributed by atoms with Crippen molar-refractivity contribution in [3.05, 3.63) is 51.2 Å². The molecule has 0 aliphatic carbocycles. The second-order valence-corrected chi connectivity index (χ2v) is 9.96. The standard InChI is InChI=1S/C19H18Cl2N2O5S2/c1-27-10-9-23-17-14(20)7-8-15(21)18(17)29-19(23)22-16(24)11-30(25,26)13-5-3-12(28-2)4-6-13/h3-8H,9-11H2,1-2H3. The summed E-state index contributed by atoms with van der Waals surface area (Å²) in [6, 6.07) is 9.12. The molecule has 3 rings (SSSR count). The van der Waals surface area contributed by atoms with Crippen molar-refractivity contribution in [3.63, 3.8) is 0 Å². The molecule has 0 aliphatic rings. The maximum Gasteiger partial charge on any atom is 0.263 e. The minimum absolute atomic E-state index is 0.0153. The van der Waals surface area contributed by atoms with Crippen LogP contribution in [-0.2, 0) is 25.9 Å². The van der Waals surface area contributed by atoms with Crippen LogP contribution in [0.15, 0.2) is 46.3 Å². The van der Waals surface area contributed by atoms with Gasteiger partial charge in [0.05, 0.1) is 38.9 Å². The highest BCUT2D eigenvalue weighted by Gasteiger charge is 2.20. The number of methoxy groups -OCH3 is 2. The Morgan fingerprint density at radius 1 is 1.10 bits per heavy atom. The molecule has 1 amide bonds. The lowest BCUT2D eigenvalue weighted by Crippen LogP contribution is -2.22. The first-order chi connectivity index (χ1) is 14.3. The number of fused-ring (bicyclic) bond motifs is 1. The second-order valence-electron chi connectivity index (χ2n) is 6.18. The molecule has 0 radical (unpaired) electrons. The minimum atomic E-state index is -3.86. The molecule has 0 bridgehead atoms. The summed E-state index contributed by atoms with van der Waals surface area (Å²) >= 11 is 13.8. The van der Waals surface area contributed by atoms with E-state index >= 15 is 0 Å². The minimum Gasteiger partial charge on any atom is -0.497 e. The average Bonchev–Trinajstić information content (AvgIpc) is 3.07. The van der Waals surface area contributed by atoms with E-state index in [-0.39, 0.29) is 4.90 Å². The van der Waals surface area contributed by atoms with Gasteiger partial charge in [0.1, 0.15) is 11.5 Å². The Kier molecular flexibility index (Phi) is 7.20. The fourth-order valence-corrected chi connectivity index (χ4v) is 5.55. The maximum atomic E-state index is 12.6. The van der Waals surface area contributed by atoms with E-state index < -0.39 is 21.5 Å². The molecule has 0 atom stereocenters. The van der Waals surface area contributed by atoms with Gasteiger partial charge in [-0.05, 0) is 36.4 Å². The van der Waals surface area contributed by atoms with E-state index in [1.54, 1.807) is 23.8 Å². The highest BCUT2D eigenvalue weighted by molar-refractivity contribution is 7.92. The number of amides is 1. The van der Waals surface area contributed by atoms with E-state index in [1.165, 1.54) is 31.4 Å². The summed E-state index contributed by atoms with van der Waals surface area (Å²) < 4.78 is 37.7. The lowest BCUT2D eigenvalue weighted by atomic mass is 10.3. The third-order valence-electron chi connectivity index (χ3n) is 4.20. The number of benzene rings is 2. The Labute approximate surface area is 187 Å². The quantitative estimate of drug-likeness (QED) is 0.507. The van der Waals surface area contributed by atoms with Crippen molar-refractivity contribution in [2.75, 3.05) is 26.6 Å². The Balaban J connectivity index is 1.99. The second kappa shape index (κ2) is 9.49. The highest BCUT2D eigenvalue weighted by atomic mass is 35.5. The van der Waals surface area contributed by atoms with Crippen LogP contribution in [0.4, 0.5) is 0 Å². The summed E-state index contributed by atoms with van der Waals surface area (Å²) in [5, 5.41) is 0.909. The molecule has 0 fully saturated rings. The van der Waals surface area contributed by atoms with Gasteiger partial charge in [-0.2, -0.15) is 4.99 Å². The zero-order valence-corrected chi connectivity index (χ0v) is 19.2. The number of aromatic nitrogens is 1. The molecule has 30 heavy (non-hydrogen) atoms. The van der Waals surface area contributed by atoms with Gasteiger partial charge in [0.15, 0.2) is 14.6 Å². The number of nitrogens with zero attached hydrogens (tertiary/aromatic N) is 2. The van der Waals surface area contributed by atoms with E-state index in [4.69, 9.17) is 32.7 Å². The fourth-order valence-electron chi connectivity index (χ4n) is 2.75. The van der Waals surface area contributed by atoms with Crippen LogP contribution < -0.4 is 9.54 Å². The number of halogens is 2. The van der Waals surface area contributed by atoms with Gasteiger partial charge in [0.25, 0.3) is 5.91 Å². The summed E-state index contributed by atoms with van der Waals surface area (Å²) in [5.41, 5.74) is 0.621. The van der Waals surface area contributed by atoms with Crippen LogP contribution in [0.2, 0.25) is 10.0 Å². The summed E-state index contributed by atoms with van der Waals surface area (Å²) in [6.07, 6.45) is 0. The van der Waals surface area contributed by atoms with Crippen LogP contribution in [0.1, 0.15) is 0 Å². The zero-order valence-electron chi connectivity index (χ0n) is 16.1. The SMILES string of the molecule is COCCn1c(=NC(=O)CS(=O)(=O)c2ccc(OC)cc2)sc2c(Cl)ccc(Cl)c21. The third-order valence-corrected chi connectivity index (χ3v) is 7.66. The van der Waals surface area contributed by atoms with Crippen molar-refractivity contribution in [2.45, 2.75) is 11.4 Å². The van der Waals surface area contributed by atoms with Gasteiger partial charge in [-0.15, -0.1) is 0 Å². The maximum absolute atomic E-state index is 12.6. The van der Waals surface area contributed by atoms with Gasteiger partial charge < -0.3 is 14.0 Å². The van der Waals surface area contributed by atoms with Crippen molar-refractivity contribution < 1.29 is 22.7 Å². The lowest BCUT2D eigenvalue weighted by molar-refractivity contribution is -0.115. The summed E-state index contributed by atoms with van der Waals surface area (Å²) in [7, 11) is -0.832. The van der Waals surface area contributed by atoms with E-state index in [2.05, 4.69) is 4.99 Å². The van der Waals surface area contributed by atoms with Crippen molar-refractivity contribution in [1.82, 2.24) is 4.57 Å². The molecule has 2 aromatic carbocycles. The number of ether oxygens (including phenoxy) is 2. The first-order valence-corrected chi connectivity index (χ1v) is 11.9. The summed E-state index contributed by atoms with van der Waals surface area (Å²) in [5.74, 6) is -1.04. The average molecular weight is 489 g/mol. The molecule has 0 spiro atoms. The van der Waals surface area contributed by atoms with Gasteiger partial charge in [-0.1, -0.05) is 34.5 Å². The molecule has 1 aromatic heterocycles.